The van der Waals surface area contributed by atoms with Gasteiger partial charge < -0.3 is 9.64 Å². The topological polar surface area (TPSA) is 32.8 Å². The first-order valence-electron chi connectivity index (χ1n) is 12.3. The zero-order chi connectivity index (χ0) is 25.8. The van der Waals surface area contributed by atoms with Crippen LogP contribution in [0.2, 0.25) is 0 Å². The third-order valence-electron chi connectivity index (χ3n) is 6.55. The lowest BCUT2D eigenvalue weighted by Crippen LogP contribution is -2.41. The van der Waals surface area contributed by atoms with Crippen molar-refractivity contribution in [1.29, 1.82) is 0 Å². The Bertz CT molecular complexity index is 990. The minimum absolute atomic E-state index is 0.0911. The molecule has 1 aliphatic heterocycles. The molecule has 0 radical (unpaired) electrons. The molecule has 7 heteroatoms. The Morgan fingerprint density at radius 3 is 2.43 bits per heavy atom. The van der Waals surface area contributed by atoms with Gasteiger partial charge in [-0.15, -0.1) is 0 Å². The molecule has 4 nitrogen and oxygen atoms in total. The van der Waals surface area contributed by atoms with Crippen molar-refractivity contribution >= 4 is 5.91 Å². The first-order valence-corrected chi connectivity index (χ1v) is 12.3. The second-order valence-corrected chi connectivity index (χ2v) is 10.3. The number of rotatable bonds is 9. The SMILES string of the molecule is COc1cccc([C@H]2CN(Cc3cccc(C(F)(F)F)c3)C[C@H]2CN(CC(C)C)C(=O)C(C)C)c1. The molecule has 1 heterocycles. The minimum atomic E-state index is -4.36. The lowest BCUT2D eigenvalue weighted by molar-refractivity contribution is -0.137. The smallest absolute Gasteiger partial charge is 0.416 e. The average molecular weight is 491 g/mol. The van der Waals surface area contributed by atoms with Gasteiger partial charge in [-0.25, -0.2) is 0 Å². The molecule has 0 saturated carbocycles. The van der Waals surface area contributed by atoms with E-state index < -0.39 is 11.7 Å². The number of amides is 1. The Balaban J connectivity index is 1.87. The molecule has 1 aliphatic rings. The molecule has 1 saturated heterocycles. The number of benzene rings is 2. The number of carbonyl (C=O) groups is 1. The van der Waals surface area contributed by atoms with Gasteiger partial charge in [0.25, 0.3) is 0 Å². The third kappa shape index (κ3) is 7.23. The van der Waals surface area contributed by atoms with Crippen LogP contribution in [-0.2, 0) is 17.5 Å². The first kappa shape index (κ1) is 27.1. The number of methoxy groups -OCH3 is 1. The molecule has 192 valence electrons. The number of hydrogen-bond acceptors (Lipinski definition) is 3. The summed E-state index contributed by atoms with van der Waals surface area (Å²) in [5.74, 6) is 1.47. The average Bonchev–Trinajstić information content (AvgIpc) is 3.19. The van der Waals surface area contributed by atoms with E-state index in [9.17, 15) is 18.0 Å². The van der Waals surface area contributed by atoms with Crippen molar-refractivity contribution in [3.05, 3.63) is 65.2 Å². The lowest BCUT2D eigenvalue weighted by Gasteiger charge is -2.31. The molecular formula is C28H37F3N2O2. The fourth-order valence-electron chi connectivity index (χ4n) is 4.97. The van der Waals surface area contributed by atoms with Crippen molar-refractivity contribution in [3.8, 4) is 5.75 Å². The summed E-state index contributed by atoms with van der Waals surface area (Å²) in [6, 6.07) is 13.5. The van der Waals surface area contributed by atoms with E-state index in [1.807, 2.05) is 36.9 Å². The van der Waals surface area contributed by atoms with Crippen molar-refractivity contribution in [1.82, 2.24) is 9.80 Å². The molecule has 2 aromatic rings. The Hall–Kier alpha value is -2.54. The molecule has 3 rings (SSSR count). The van der Waals surface area contributed by atoms with Crippen LogP contribution in [0.25, 0.3) is 0 Å². The van der Waals surface area contributed by atoms with Gasteiger partial charge in [0.15, 0.2) is 0 Å². The van der Waals surface area contributed by atoms with E-state index in [2.05, 4.69) is 24.8 Å². The van der Waals surface area contributed by atoms with E-state index in [-0.39, 0.29) is 23.7 Å². The Labute approximate surface area is 207 Å². The van der Waals surface area contributed by atoms with E-state index >= 15 is 0 Å². The van der Waals surface area contributed by atoms with Gasteiger partial charge in [-0.2, -0.15) is 13.2 Å². The summed E-state index contributed by atoms with van der Waals surface area (Å²) in [7, 11) is 1.64. The van der Waals surface area contributed by atoms with Crippen LogP contribution in [0.1, 0.15) is 50.3 Å². The van der Waals surface area contributed by atoms with Gasteiger partial charge in [0.2, 0.25) is 5.91 Å². The molecule has 0 N–H and O–H groups in total. The van der Waals surface area contributed by atoms with Gasteiger partial charge in [0, 0.05) is 44.6 Å². The Kier molecular flexibility index (Phi) is 8.86. The second kappa shape index (κ2) is 11.5. The maximum atomic E-state index is 13.2. The zero-order valence-corrected chi connectivity index (χ0v) is 21.3. The Morgan fingerprint density at radius 2 is 1.80 bits per heavy atom. The largest absolute Gasteiger partial charge is 0.497 e. The Morgan fingerprint density at radius 1 is 1.09 bits per heavy atom. The summed E-state index contributed by atoms with van der Waals surface area (Å²) in [4.78, 5) is 17.2. The van der Waals surface area contributed by atoms with Crippen molar-refractivity contribution < 1.29 is 22.7 Å². The molecule has 1 fully saturated rings. The van der Waals surface area contributed by atoms with E-state index in [1.165, 1.54) is 12.1 Å². The molecule has 2 aromatic carbocycles. The molecule has 0 spiro atoms. The van der Waals surface area contributed by atoms with Crippen molar-refractivity contribution in [2.45, 2.75) is 46.3 Å². The summed E-state index contributed by atoms with van der Waals surface area (Å²) < 4.78 is 45.1. The van der Waals surface area contributed by atoms with Crippen LogP contribution in [0.3, 0.4) is 0 Å². The standard InChI is InChI=1S/C28H37F3N2O2/c1-19(2)14-33(27(34)20(3)4)17-23-16-32(15-21-8-6-10-24(12-21)28(29,30)31)18-26(23)22-9-7-11-25(13-22)35-5/h6-13,19-20,23,26H,14-18H2,1-5H3/t23-,26+/m0/s1. The lowest BCUT2D eigenvalue weighted by atomic mass is 9.88. The quantitative estimate of drug-likeness (QED) is 0.428. The van der Waals surface area contributed by atoms with E-state index in [0.29, 0.717) is 44.2 Å². The highest BCUT2D eigenvalue weighted by atomic mass is 19.4. The van der Waals surface area contributed by atoms with Crippen molar-refractivity contribution in [2.75, 3.05) is 33.3 Å². The third-order valence-corrected chi connectivity index (χ3v) is 6.55. The summed E-state index contributed by atoms with van der Waals surface area (Å²) >= 11 is 0. The molecule has 1 amide bonds. The maximum Gasteiger partial charge on any atom is 0.416 e. The number of nitrogens with zero attached hydrogens (tertiary/aromatic N) is 2. The molecule has 0 bridgehead atoms. The van der Waals surface area contributed by atoms with Crippen LogP contribution in [0.5, 0.6) is 5.75 Å². The van der Waals surface area contributed by atoms with E-state index in [0.717, 1.165) is 17.4 Å². The molecule has 0 aromatic heterocycles. The fourth-order valence-corrected chi connectivity index (χ4v) is 4.97. The number of alkyl halides is 3. The highest BCUT2D eigenvalue weighted by Gasteiger charge is 2.37. The van der Waals surface area contributed by atoms with E-state index in [1.54, 1.807) is 13.2 Å². The summed E-state index contributed by atoms with van der Waals surface area (Å²) in [6.07, 6.45) is -4.36. The minimum Gasteiger partial charge on any atom is -0.497 e. The number of hydrogen-bond donors (Lipinski definition) is 0. The normalized spacial score (nSPS) is 18.9. The van der Waals surface area contributed by atoms with Crippen molar-refractivity contribution in [3.63, 3.8) is 0 Å². The highest BCUT2D eigenvalue weighted by molar-refractivity contribution is 5.78. The predicted octanol–water partition coefficient (Wildman–Crippen LogP) is 6.07. The van der Waals surface area contributed by atoms with Crippen LogP contribution in [0.15, 0.2) is 48.5 Å². The van der Waals surface area contributed by atoms with Gasteiger partial charge in [0.1, 0.15) is 5.75 Å². The first-order chi connectivity index (χ1) is 16.5. The molecule has 0 unspecified atom stereocenters. The number of likely N-dealkylation sites (tertiary alicyclic amines) is 1. The summed E-state index contributed by atoms with van der Waals surface area (Å²) in [6.45, 7) is 11.2. The molecule has 2 atom stereocenters. The fraction of sp³-hybridized carbons (Fsp3) is 0.536. The van der Waals surface area contributed by atoms with Crippen LogP contribution < -0.4 is 4.74 Å². The van der Waals surface area contributed by atoms with Gasteiger partial charge in [-0.3, -0.25) is 9.69 Å². The summed E-state index contributed by atoms with van der Waals surface area (Å²) in [5.41, 5.74) is 1.14. The van der Waals surface area contributed by atoms with Gasteiger partial charge in [-0.1, -0.05) is 58.0 Å². The predicted molar refractivity (Wildman–Crippen MR) is 132 cm³/mol. The molecule has 0 aliphatic carbocycles. The molecule has 35 heavy (non-hydrogen) atoms. The number of halogens is 3. The van der Waals surface area contributed by atoms with E-state index in [4.69, 9.17) is 4.74 Å². The number of ether oxygens (including phenoxy) is 1. The van der Waals surface area contributed by atoms with Gasteiger partial charge >= 0.3 is 6.18 Å². The van der Waals surface area contributed by atoms with Crippen molar-refractivity contribution in [2.24, 2.45) is 17.8 Å². The number of carbonyl (C=O) groups excluding carboxylic acids is 1. The maximum absolute atomic E-state index is 13.2. The van der Waals surface area contributed by atoms with Crippen LogP contribution in [0.4, 0.5) is 13.2 Å². The van der Waals surface area contributed by atoms with Crippen LogP contribution in [0, 0.1) is 17.8 Å². The zero-order valence-electron chi connectivity index (χ0n) is 21.3. The van der Waals surface area contributed by atoms with Gasteiger partial charge in [-0.05, 0) is 41.2 Å². The molecular weight excluding hydrogens is 453 g/mol. The van der Waals surface area contributed by atoms with Crippen LogP contribution in [-0.4, -0.2) is 49.0 Å². The summed E-state index contributed by atoms with van der Waals surface area (Å²) in [5, 5.41) is 0. The highest BCUT2D eigenvalue weighted by Crippen LogP contribution is 2.36. The van der Waals surface area contributed by atoms with Gasteiger partial charge in [0.05, 0.1) is 12.7 Å². The monoisotopic (exact) mass is 490 g/mol. The second-order valence-electron chi connectivity index (χ2n) is 10.3. The van der Waals surface area contributed by atoms with Crippen LogP contribution >= 0.6 is 0 Å².